The summed E-state index contributed by atoms with van der Waals surface area (Å²) in [5, 5.41) is 9.62. The Balaban J connectivity index is 2.43. The Hall–Kier alpha value is -1.84. The number of phenols is 1. The molecule has 17 heavy (non-hydrogen) atoms. The molecule has 2 rings (SSSR count). The first-order chi connectivity index (χ1) is 7.93. The fraction of sp³-hybridized carbons (Fsp3) is 0.385. The summed E-state index contributed by atoms with van der Waals surface area (Å²) in [7, 11) is 0. The second-order valence-corrected chi connectivity index (χ2v) is 4.56. The van der Waals surface area contributed by atoms with Crippen LogP contribution in [0.25, 0.3) is 0 Å². The Labute approximate surface area is 99.9 Å². The highest BCUT2D eigenvalue weighted by Gasteiger charge is 2.43. The van der Waals surface area contributed by atoms with Crippen molar-refractivity contribution in [3.8, 4) is 5.75 Å². The zero-order valence-corrected chi connectivity index (χ0v) is 10.1. The van der Waals surface area contributed by atoms with Crippen LogP contribution in [0.3, 0.4) is 0 Å². The quantitative estimate of drug-likeness (QED) is 0.753. The second kappa shape index (κ2) is 3.87. The molecule has 90 valence electrons. The topological polar surface area (TPSA) is 57.6 Å². The lowest BCUT2D eigenvalue weighted by Crippen LogP contribution is -2.30. The van der Waals surface area contributed by atoms with E-state index >= 15 is 0 Å². The summed E-state index contributed by atoms with van der Waals surface area (Å²) < 4.78 is 0. The van der Waals surface area contributed by atoms with E-state index in [1.807, 2.05) is 0 Å². The van der Waals surface area contributed by atoms with Crippen LogP contribution in [0, 0.1) is 18.8 Å². The van der Waals surface area contributed by atoms with Crippen molar-refractivity contribution in [1.82, 2.24) is 0 Å². The number of carbonyl (C=O) groups excluding carboxylic acids is 2. The molecule has 0 radical (unpaired) electrons. The minimum Gasteiger partial charge on any atom is -0.508 e. The lowest BCUT2D eigenvalue weighted by Gasteiger charge is -2.15. The zero-order chi connectivity index (χ0) is 12.7. The molecular weight excluding hydrogens is 218 g/mol. The summed E-state index contributed by atoms with van der Waals surface area (Å²) in [6, 6.07) is 4.82. The van der Waals surface area contributed by atoms with E-state index in [-0.39, 0.29) is 29.4 Å². The van der Waals surface area contributed by atoms with Gasteiger partial charge in [0.25, 0.3) is 0 Å². The zero-order valence-electron chi connectivity index (χ0n) is 10.1. The van der Waals surface area contributed by atoms with Crippen molar-refractivity contribution in [2.75, 3.05) is 4.90 Å². The van der Waals surface area contributed by atoms with Crippen LogP contribution < -0.4 is 4.90 Å². The first-order valence-corrected chi connectivity index (χ1v) is 5.61. The fourth-order valence-corrected chi connectivity index (χ4v) is 1.93. The van der Waals surface area contributed by atoms with Crippen LogP contribution in [-0.2, 0) is 9.59 Å². The van der Waals surface area contributed by atoms with Gasteiger partial charge in [-0.25, -0.2) is 4.90 Å². The second-order valence-electron chi connectivity index (χ2n) is 4.56. The van der Waals surface area contributed by atoms with E-state index in [0.29, 0.717) is 11.3 Å². The Kier molecular flexibility index (Phi) is 2.65. The molecule has 1 N–H and O–H groups in total. The molecule has 1 aliphatic heterocycles. The van der Waals surface area contributed by atoms with Crippen LogP contribution >= 0.6 is 0 Å². The molecule has 1 aromatic carbocycles. The molecule has 1 heterocycles. The number of aromatic hydroxyl groups is 1. The number of hydrogen-bond acceptors (Lipinski definition) is 3. The molecule has 1 aliphatic rings. The summed E-state index contributed by atoms with van der Waals surface area (Å²) in [6.45, 7) is 5.26. The van der Waals surface area contributed by atoms with Crippen LogP contribution in [-0.4, -0.2) is 16.9 Å². The minimum absolute atomic E-state index is 0.0929. The van der Waals surface area contributed by atoms with E-state index in [4.69, 9.17) is 0 Å². The first-order valence-electron chi connectivity index (χ1n) is 5.61. The molecule has 0 aliphatic carbocycles. The van der Waals surface area contributed by atoms with Crippen LogP contribution in [0.5, 0.6) is 5.75 Å². The molecule has 1 saturated heterocycles. The highest BCUT2D eigenvalue weighted by atomic mass is 16.3. The van der Waals surface area contributed by atoms with Crippen molar-refractivity contribution in [2.45, 2.75) is 20.8 Å². The number of benzene rings is 1. The summed E-state index contributed by atoms with van der Waals surface area (Å²) in [6.07, 6.45) is 0. The van der Waals surface area contributed by atoms with Gasteiger partial charge < -0.3 is 5.11 Å². The number of nitrogens with zero attached hydrogens (tertiary/aromatic N) is 1. The summed E-state index contributed by atoms with van der Waals surface area (Å²) in [5.74, 6) is -0.913. The maximum absolute atomic E-state index is 11.9. The van der Waals surface area contributed by atoms with E-state index in [1.54, 1.807) is 32.9 Å². The third-order valence-electron chi connectivity index (χ3n) is 3.42. The van der Waals surface area contributed by atoms with Gasteiger partial charge in [0.15, 0.2) is 0 Å². The van der Waals surface area contributed by atoms with Gasteiger partial charge in [0.2, 0.25) is 11.8 Å². The van der Waals surface area contributed by atoms with Crippen LogP contribution in [0.1, 0.15) is 19.4 Å². The highest BCUT2D eigenvalue weighted by Crippen LogP contribution is 2.32. The normalized spacial score (nSPS) is 24.5. The van der Waals surface area contributed by atoms with Crippen molar-refractivity contribution in [1.29, 1.82) is 0 Å². The number of imide groups is 1. The third-order valence-corrected chi connectivity index (χ3v) is 3.42. The van der Waals surface area contributed by atoms with Crippen molar-refractivity contribution < 1.29 is 14.7 Å². The lowest BCUT2D eigenvalue weighted by atomic mass is 10.00. The Morgan fingerprint density at radius 2 is 1.65 bits per heavy atom. The van der Waals surface area contributed by atoms with Gasteiger partial charge in [0, 0.05) is 17.9 Å². The van der Waals surface area contributed by atoms with Crippen molar-refractivity contribution >= 4 is 17.5 Å². The third kappa shape index (κ3) is 1.69. The Morgan fingerprint density at radius 3 is 2.12 bits per heavy atom. The lowest BCUT2D eigenvalue weighted by molar-refractivity contribution is -0.122. The molecule has 1 fully saturated rings. The molecule has 0 saturated carbocycles. The maximum Gasteiger partial charge on any atom is 0.237 e. The van der Waals surface area contributed by atoms with E-state index in [1.165, 1.54) is 6.07 Å². The largest absolute Gasteiger partial charge is 0.508 e. The SMILES string of the molecule is Cc1ccc(N2C(=O)C(C)C(C)C2=O)cc1O. The molecule has 1 aromatic rings. The average Bonchev–Trinajstić information content (AvgIpc) is 2.48. The molecule has 4 nitrogen and oxygen atoms in total. The molecular formula is C13H15NO3. The Morgan fingerprint density at radius 1 is 1.12 bits per heavy atom. The molecule has 0 bridgehead atoms. The number of hydrogen-bond donors (Lipinski definition) is 1. The summed E-state index contributed by atoms with van der Waals surface area (Å²) in [4.78, 5) is 25.1. The first kappa shape index (κ1) is 11.6. The van der Waals surface area contributed by atoms with Gasteiger partial charge in [0.05, 0.1) is 5.69 Å². The fourth-order valence-electron chi connectivity index (χ4n) is 1.93. The van der Waals surface area contributed by atoms with E-state index in [0.717, 1.165) is 4.90 Å². The molecule has 2 atom stereocenters. The van der Waals surface area contributed by atoms with Gasteiger partial charge in [-0.2, -0.15) is 0 Å². The predicted molar refractivity (Wildman–Crippen MR) is 63.7 cm³/mol. The van der Waals surface area contributed by atoms with Gasteiger partial charge in [-0.05, 0) is 18.6 Å². The van der Waals surface area contributed by atoms with E-state index in [9.17, 15) is 14.7 Å². The van der Waals surface area contributed by atoms with Crippen molar-refractivity contribution in [2.24, 2.45) is 11.8 Å². The summed E-state index contributed by atoms with van der Waals surface area (Å²) >= 11 is 0. The smallest absolute Gasteiger partial charge is 0.237 e. The maximum atomic E-state index is 11.9. The molecule has 2 amide bonds. The number of carbonyl (C=O) groups is 2. The summed E-state index contributed by atoms with van der Waals surface area (Å²) in [5.41, 5.74) is 1.16. The molecule has 0 aromatic heterocycles. The van der Waals surface area contributed by atoms with Crippen molar-refractivity contribution in [3.05, 3.63) is 23.8 Å². The minimum atomic E-state index is -0.300. The van der Waals surface area contributed by atoms with Crippen LogP contribution in [0.2, 0.25) is 0 Å². The van der Waals surface area contributed by atoms with Gasteiger partial charge in [-0.15, -0.1) is 0 Å². The number of aryl methyl sites for hydroxylation is 1. The van der Waals surface area contributed by atoms with E-state index < -0.39 is 0 Å². The van der Waals surface area contributed by atoms with Gasteiger partial charge in [0.1, 0.15) is 5.75 Å². The van der Waals surface area contributed by atoms with Gasteiger partial charge in [-0.3, -0.25) is 9.59 Å². The van der Waals surface area contributed by atoms with Gasteiger partial charge in [-0.1, -0.05) is 19.9 Å². The molecule has 4 heteroatoms. The monoisotopic (exact) mass is 233 g/mol. The van der Waals surface area contributed by atoms with Crippen molar-refractivity contribution in [3.63, 3.8) is 0 Å². The average molecular weight is 233 g/mol. The molecule has 2 unspecified atom stereocenters. The number of rotatable bonds is 1. The highest BCUT2D eigenvalue weighted by molar-refractivity contribution is 6.21. The Bertz CT molecular complexity index is 475. The van der Waals surface area contributed by atoms with Crippen LogP contribution in [0.15, 0.2) is 18.2 Å². The molecule has 0 spiro atoms. The number of anilines is 1. The standard InChI is InChI=1S/C13H15NO3/c1-7-4-5-10(6-11(7)15)14-12(16)8(2)9(3)13(14)17/h4-6,8-9,15H,1-3H3. The van der Waals surface area contributed by atoms with Gasteiger partial charge >= 0.3 is 0 Å². The van der Waals surface area contributed by atoms with Crippen LogP contribution in [0.4, 0.5) is 5.69 Å². The number of amides is 2. The predicted octanol–water partition coefficient (Wildman–Crippen LogP) is 1.85. The van der Waals surface area contributed by atoms with E-state index in [2.05, 4.69) is 0 Å². The number of phenolic OH excluding ortho intramolecular Hbond substituents is 1.